The third-order valence-corrected chi connectivity index (χ3v) is 7.44. The van der Waals surface area contributed by atoms with Crippen molar-refractivity contribution >= 4 is 5.97 Å². The molecule has 0 spiro atoms. The second-order valence-corrected chi connectivity index (χ2v) is 8.83. The van der Waals surface area contributed by atoms with Gasteiger partial charge >= 0.3 is 5.97 Å². The maximum Gasteiger partial charge on any atom is 0.333 e. The minimum atomic E-state index is -0.789. The molecule has 0 aromatic heterocycles. The van der Waals surface area contributed by atoms with Crippen LogP contribution in [0.5, 0.6) is 0 Å². The Bertz CT molecular complexity index is 646. The number of carbonyl (C=O) groups is 1. The second kappa shape index (κ2) is 6.99. The normalized spacial score (nSPS) is 38.5. The number of carbonyl (C=O) groups excluding carboxylic acids is 1. The van der Waals surface area contributed by atoms with Gasteiger partial charge in [-0.1, -0.05) is 45.1 Å². The summed E-state index contributed by atoms with van der Waals surface area (Å²) < 4.78 is 11.3. The van der Waals surface area contributed by atoms with Crippen molar-refractivity contribution in [3.8, 4) is 0 Å². The van der Waals surface area contributed by atoms with Crippen LogP contribution in [0.25, 0.3) is 0 Å². The van der Waals surface area contributed by atoms with E-state index in [9.17, 15) is 4.79 Å². The van der Waals surface area contributed by atoms with Crippen LogP contribution in [0.1, 0.15) is 59.8 Å². The molecule has 1 aliphatic heterocycles. The molecule has 0 aromatic rings. The van der Waals surface area contributed by atoms with E-state index in [1.54, 1.807) is 13.2 Å². The summed E-state index contributed by atoms with van der Waals surface area (Å²) in [6.45, 7) is 13.2. The monoisotopic (exact) mass is 358 g/mol. The van der Waals surface area contributed by atoms with Crippen LogP contribution in [-0.4, -0.2) is 18.9 Å². The van der Waals surface area contributed by atoms with E-state index >= 15 is 0 Å². The number of allylic oxidation sites excluding steroid dienone is 3. The smallest absolute Gasteiger partial charge is 0.333 e. The fourth-order valence-electron chi connectivity index (χ4n) is 5.83. The van der Waals surface area contributed by atoms with Crippen molar-refractivity contribution in [2.75, 3.05) is 7.11 Å². The minimum absolute atomic E-state index is 0.205. The van der Waals surface area contributed by atoms with Gasteiger partial charge in [-0.3, -0.25) is 0 Å². The maximum absolute atomic E-state index is 12.0. The summed E-state index contributed by atoms with van der Waals surface area (Å²) in [7, 11) is 1.66. The molecule has 1 heterocycles. The van der Waals surface area contributed by atoms with E-state index in [1.807, 2.05) is 0 Å². The van der Waals surface area contributed by atoms with Crippen LogP contribution in [0, 0.1) is 29.1 Å². The summed E-state index contributed by atoms with van der Waals surface area (Å²) in [4.78, 5) is 12.0. The van der Waals surface area contributed by atoms with Gasteiger partial charge in [0.15, 0.2) is 0 Å². The molecule has 0 aromatic carbocycles. The zero-order valence-corrected chi connectivity index (χ0v) is 17.0. The molecule has 3 aliphatic rings. The van der Waals surface area contributed by atoms with Crippen molar-refractivity contribution in [1.82, 2.24) is 0 Å². The van der Waals surface area contributed by atoms with E-state index in [-0.39, 0.29) is 11.4 Å². The molecule has 2 aliphatic carbocycles. The molecular weight excluding hydrogens is 324 g/mol. The zero-order valence-electron chi connectivity index (χ0n) is 17.0. The average Bonchev–Trinajstić information content (AvgIpc) is 3.11. The van der Waals surface area contributed by atoms with Gasteiger partial charge in [-0.2, -0.15) is 0 Å². The predicted octanol–water partition coefficient (Wildman–Crippen LogP) is 5.43. The predicted molar refractivity (Wildman–Crippen MR) is 104 cm³/mol. The fourth-order valence-corrected chi connectivity index (χ4v) is 5.83. The van der Waals surface area contributed by atoms with Crippen LogP contribution in [0.2, 0.25) is 0 Å². The van der Waals surface area contributed by atoms with Crippen molar-refractivity contribution in [3.05, 3.63) is 36.0 Å². The summed E-state index contributed by atoms with van der Waals surface area (Å²) in [5.41, 5.74) is 2.53. The molecule has 26 heavy (non-hydrogen) atoms. The Hall–Kier alpha value is -1.35. The Morgan fingerprint density at radius 3 is 2.77 bits per heavy atom. The lowest BCUT2D eigenvalue weighted by Crippen LogP contribution is -2.47. The van der Waals surface area contributed by atoms with E-state index in [1.165, 1.54) is 12.0 Å². The van der Waals surface area contributed by atoms with Crippen LogP contribution in [-0.2, 0) is 14.3 Å². The van der Waals surface area contributed by atoms with Crippen LogP contribution < -0.4 is 0 Å². The highest BCUT2D eigenvalue weighted by molar-refractivity contribution is 5.86. The number of methoxy groups -OCH3 is 1. The van der Waals surface area contributed by atoms with Gasteiger partial charge in [-0.25, -0.2) is 4.79 Å². The lowest BCUT2D eigenvalue weighted by atomic mass is 9.60. The van der Waals surface area contributed by atoms with Crippen molar-refractivity contribution in [1.29, 1.82) is 0 Å². The largest absolute Gasteiger partial charge is 0.426 e. The topological polar surface area (TPSA) is 35.5 Å². The summed E-state index contributed by atoms with van der Waals surface area (Å²) in [6, 6.07) is 0. The van der Waals surface area contributed by atoms with Gasteiger partial charge in [0.1, 0.15) is 0 Å². The first-order valence-corrected chi connectivity index (χ1v) is 10.1. The zero-order chi connectivity index (χ0) is 19.1. The van der Waals surface area contributed by atoms with E-state index in [4.69, 9.17) is 9.47 Å². The molecule has 0 saturated heterocycles. The highest BCUT2D eigenvalue weighted by Gasteiger charge is 2.60. The van der Waals surface area contributed by atoms with Crippen LogP contribution in [0.15, 0.2) is 36.0 Å². The van der Waals surface area contributed by atoms with Crippen molar-refractivity contribution in [2.24, 2.45) is 29.1 Å². The standard InChI is InChI=1S/C23H34O3/c1-7-17(15(2)3)9-8-16(4)18-10-11-19-20-14-21(24)26-23(20,25-6)13-12-22(18,19)5/h8-9,14,16-19H,2,7,10-13H2,1,3-6H3. The molecule has 6 atom stereocenters. The van der Waals surface area contributed by atoms with E-state index in [2.05, 4.69) is 46.4 Å². The van der Waals surface area contributed by atoms with Gasteiger partial charge in [-0.05, 0) is 61.7 Å². The molecule has 2 saturated carbocycles. The second-order valence-electron chi connectivity index (χ2n) is 8.83. The highest BCUT2D eigenvalue weighted by atomic mass is 16.7. The fraction of sp³-hybridized carbons (Fsp3) is 0.696. The van der Waals surface area contributed by atoms with Crippen molar-refractivity contribution < 1.29 is 14.3 Å². The molecular formula is C23H34O3. The molecule has 0 bridgehead atoms. The number of fused-ring (bicyclic) bond motifs is 3. The first kappa shape index (κ1) is 19.4. The quantitative estimate of drug-likeness (QED) is 0.469. The van der Waals surface area contributed by atoms with Gasteiger partial charge in [0.25, 0.3) is 0 Å². The summed E-state index contributed by atoms with van der Waals surface area (Å²) in [5.74, 6) is 0.965. The number of hydrogen-bond donors (Lipinski definition) is 0. The molecule has 3 nitrogen and oxygen atoms in total. The molecule has 144 valence electrons. The Balaban J connectivity index is 1.81. The van der Waals surface area contributed by atoms with Crippen molar-refractivity contribution in [2.45, 2.75) is 65.6 Å². The average molecular weight is 359 g/mol. The number of ether oxygens (including phenoxy) is 2. The summed E-state index contributed by atoms with van der Waals surface area (Å²) >= 11 is 0. The van der Waals surface area contributed by atoms with E-state index in [0.29, 0.717) is 23.7 Å². The molecule has 0 radical (unpaired) electrons. The van der Waals surface area contributed by atoms with Crippen molar-refractivity contribution in [3.63, 3.8) is 0 Å². The van der Waals surface area contributed by atoms with Crippen LogP contribution in [0.4, 0.5) is 0 Å². The number of hydrogen-bond acceptors (Lipinski definition) is 3. The lowest BCUT2D eigenvalue weighted by molar-refractivity contribution is -0.208. The molecule has 0 N–H and O–H groups in total. The van der Waals surface area contributed by atoms with Crippen LogP contribution in [0.3, 0.4) is 0 Å². The Labute approximate surface area is 158 Å². The Morgan fingerprint density at radius 1 is 1.42 bits per heavy atom. The molecule has 2 fully saturated rings. The molecule has 6 unspecified atom stereocenters. The van der Waals surface area contributed by atoms with Gasteiger partial charge < -0.3 is 9.47 Å². The number of esters is 1. The number of rotatable bonds is 6. The maximum atomic E-state index is 12.0. The van der Waals surface area contributed by atoms with Gasteiger partial charge in [-0.15, -0.1) is 0 Å². The van der Waals surface area contributed by atoms with Gasteiger partial charge in [0, 0.05) is 25.2 Å². The van der Waals surface area contributed by atoms with Gasteiger partial charge in [0.2, 0.25) is 5.79 Å². The molecule has 3 rings (SSSR count). The third-order valence-electron chi connectivity index (χ3n) is 7.44. The molecule has 3 heteroatoms. The lowest BCUT2D eigenvalue weighted by Gasteiger charge is -2.48. The highest BCUT2D eigenvalue weighted by Crippen LogP contribution is 2.63. The SMILES string of the molecule is C=C(C)C(C=CC(C)C1CCC2C3=CC(=O)OC3(OC)CCC21C)CC. The third kappa shape index (κ3) is 2.98. The Morgan fingerprint density at radius 2 is 2.15 bits per heavy atom. The van der Waals surface area contributed by atoms with E-state index < -0.39 is 5.79 Å². The van der Waals surface area contributed by atoms with E-state index in [0.717, 1.165) is 31.3 Å². The summed E-state index contributed by atoms with van der Waals surface area (Å²) in [5, 5.41) is 0. The first-order valence-electron chi connectivity index (χ1n) is 10.1. The Kier molecular flexibility index (Phi) is 5.22. The summed E-state index contributed by atoms with van der Waals surface area (Å²) in [6.07, 6.45) is 11.7. The molecule has 0 amide bonds. The minimum Gasteiger partial charge on any atom is -0.426 e. The van der Waals surface area contributed by atoms with Gasteiger partial charge in [0.05, 0.1) is 0 Å². The van der Waals surface area contributed by atoms with Crippen LogP contribution >= 0.6 is 0 Å². The first-order chi connectivity index (χ1) is 12.3.